The van der Waals surface area contributed by atoms with Crippen molar-refractivity contribution >= 4 is 35.3 Å². The Morgan fingerprint density at radius 1 is 0.829 bits per heavy atom. The Balaban J connectivity index is 1.48. The van der Waals surface area contributed by atoms with Crippen LogP contribution in [0.4, 0.5) is 11.4 Å². The molecule has 9 heteroatoms. The third-order valence-electron chi connectivity index (χ3n) is 4.93. The van der Waals surface area contributed by atoms with E-state index in [-0.39, 0.29) is 12.5 Å². The maximum Gasteiger partial charge on any atom is 0.329 e. The Labute approximate surface area is 203 Å². The quantitative estimate of drug-likeness (QED) is 0.263. The second kappa shape index (κ2) is 12.0. The standard InChI is InChI=1S/C26H26N4O5/c1-17-10-11-21(12-18(17)2)29-25(32)26(33)30-27-15-19-6-4-9-23(13-19)35-16-24(31)28-20-7-5-8-22(14-20)34-3/h4-15H,16H2,1-3H3,(H,28,31)(H,29,32)(H,30,33)/b27-15-. The first-order chi connectivity index (χ1) is 16.8. The molecule has 35 heavy (non-hydrogen) atoms. The largest absolute Gasteiger partial charge is 0.497 e. The number of carbonyl (C=O) groups is 3. The molecule has 3 N–H and O–H groups in total. The summed E-state index contributed by atoms with van der Waals surface area (Å²) in [5.74, 6) is -0.996. The number of hydrogen-bond donors (Lipinski definition) is 3. The van der Waals surface area contributed by atoms with E-state index in [1.54, 1.807) is 67.8 Å². The van der Waals surface area contributed by atoms with E-state index in [0.717, 1.165) is 11.1 Å². The van der Waals surface area contributed by atoms with E-state index < -0.39 is 11.8 Å². The van der Waals surface area contributed by atoms with Crippen LogP contribution in [0, 0.1) is 13.8 Å². The van der Waals surface area contributed by atoms with Crippen molar-refractivity contribution in [1.82, 2.24) is 5.43 Å². The van der Waals surface area contributed by atoms with E-state index in [1.165, 1.54) is 6.21 Å². The highest BCUT2D eigenvalue weighted by atomic mass is 16.5. The molecular weight excluding hydrogens is 448 g/mol. The van der Waals surface area contributed by atoms with Crippen LogP contribution >= 0.6 is 0 Å². The molecule has 9 nitrogen and oxygen atoms in total. The van der Waals surface area contributed by atoms with Gasteiger partial charge in [0, 0.05) is 17.4 Å². The molecule has 0 bridgehead atoms. The molecule has 0 heterocycles. The second-order valence-corrected chi connectivity index (χ2v) is 7.59. The minimum Gasteiger partial charge on any atom is -0.497 e. The summed E-state index contributed by atoms with van der Waals surface area (Å²) in [5, 5.41) is 9.07. The number of benzene rings is 3. The fourth-order valence-corrected chi connectivity index (χ4v) is 2.95. The second-order valence-electron chi connectivity index (χ2n) is 7.59. The molecule has 3 aromatic rings. The number of methoxy groups -OCH3 is 1. The molecule has 0 radical (unpaired) electrons. The molecule has 0 aliphatic rings. The zero-order valence-electron chi connectivity index (χ0n) is 19.6. The zero-order valence-corrected chi connectivity index (χ0v) is 19.6. The van der Waals surface area contributed by atoms with Crippen molar-refractivity contribution in [3.8, 4) is 11.5 Å². The summed E-state index contributed by atoms with van der Waals surface area (Å²) >= 11 is 0. The van der Waals surface area contributed by atoms with Crippen LogP contribution in [0.3, 0.4) is 0 Å². The van der Waals surface area contributed by atoms with Gasteiger partial charge in [0.25, 0.3) is 5.91 Å². The predicted octanol–water partition coefficient (Wildman–Crippen LogP) is 3.42. The summed E-state index contributed by atoms with van der Waals surface area (Å²) in [4.78, 5) is 36.2. The fourth-order valence-electron chi connectivity index (χ4n) is 2.95. The first kappa shape index (κ1) is 25.0. The Morgan fingerprint density at radius 3 is 2.34 bits per heavy atom. The average molecular weight is 475 g/mol. The Bertz CT molecular complexity index is 1260. The van der Waals surface area contributed by atoms with E-state index in [1.807, 2.05) is 19.9 Å². The Hall–Kier alpha value is -4.66. The van der Waals surface area contributed by atoms with E-state index in [0.29, 0.717) is 28.4 Å². The smallest absolute Gasteiger partial charge is 0.329 e. The van der Waals surface area contributed by atoms with Gasteiger partial charge in [0.15, 0.2) is 6.61 Å². The molecule has 0 unspecified atom stereocenters. The summed E-state index contributed by atoms with van der Waals surface area (Å²) in [7, 11) is 1.55. The van der Waals surface area contributed by atoms with Gasteiger partial charge in [-0.1, -0.05) is 24.3 Å². The molecule has 0 spiro atoms. The lowest BCUT2D eigenvalue weighted by atomic mass is 10.1. The number of nitrogens with one attached hydrogen (secondary N) is 3. The lowest BCUT2D eigenvalue weighted by molar-refractivity contribution is -0.136. The predicted molar refractivity (Wildman–Crippen MR) is 134 cm³/mol. The summed E-state index contributed by atoms with van der Waals surface area (Å²) < 4.78 is 10.7. The molecule has 0 fully saturated rings. The van der Waals surface area contributed by atoms with Crippen molar-refractivity contribution in [2.75, 3.05) is 24.4 Å². The highest BCUT2D eigenvalue weighted by molar-refractivity contribution is 6.39. The fraction of sp³-hybridized carbons (Fsp3) is 0.154. The first-order valence-corrected chi connectivity index (χ1v) is 10.7. The maximum atomic E-state index is 12.2. The van der Waals surface area contributed by atoms with Gasteiger partial charge in [-0.15, -0.1) is 0 Å². The van der Waals surface area contributed by atoms with E-state index in [2.05, 4.69) is 21.2 Å². The molecule has 0 saturated heterocycles. The van der Waals surface area contributed by atoms with Gasteiger partial charge in [-0.25, -0.2) is 5.43 Å². The summed E-state index contributed by atoms with van der Waals surface area (Å²) in [5.41, 5.74) is 5.99. The van der Waals surface area contributed by atoms with Gasteiger partial charge >= 0.3 is 11.8 Å². The molecule has 0 saturated carbocycles. The molecule has 0 atom stereocenters. The van der Waals surface area contributed by atoms with Crippen molar-refractivity contribution in [3.05, 3.63) is 83.4 Å². The average Bonchev–Trinajstić information content (AvgIpc) is 2.85. The number of nitrogens with zero attached hydrogens (tertiary/aromatic N) is 1. The minimum absolute atomic E-state index is 0.201. The van der Waals surface area contributed by atoms with Crippen molar-refractivity contribution in [3.63, 3.8) is 0 Å². The topological polar surface area (TPSA) is 118 Å². The van der Waals surface area contributed by atoms with Gasteiger partial charge in [0.1, 0.15) is 11.5 Å². The number of anilines is 2. The molecule has 0 aliphatic heterocycles. The molecule has 3 aromatic carbocycles. The normalized spacial score (nSPS) is 10.5. The van der Waals surface area contributed by atoms with Gasteiger partial charge < -0.3 is 20.1 Å². The van der Waals surface area contributed by atoms with Crippen LogP contribution in [0.5, 0.6) is 11.5 Å². The lowest BCUT2D eigenvalue weighted by Gasteiger charge is -2.09. The summed E-state index contributed by atoms with van der Waals surface area (Å²) in [6, 6.07) is 19.1. The van der Waals surface area contributed by atoms with Crippen molar-refractivity contribution in [2.24, 2.45) is 5.10 Å². The van der Waals surface area contributed by atoms with Gasteiger partial charge in [0.2, 0.25) is 0 Å². The van der Waals surface area contributed by atoms with Crippen LogP contribution in [0.15, 0.2) is 71.8 Å². The maximum absolute atomic E-state index is 12.2. The van der Waals surface area contributed by atoms with E-state index >= 15 is 0 Å². The number of rotatable bonds is 8. The first-order valence-electron chi connectivity index (χ1n) is 10.7. The number of ether oxygens (including phenoxy) is 2. The number of carbonyl (C=O) groups excluding carboxylic acids is 3. The van der Waals surface area contributed by atoms with Gasteiger partial charge in [0.05, 0.1) is 13.3 Å². The third-order valence-corrected chi connectivity index (χ3v) is 4.93. The monoisotopic (exact) mass is 474 g/mol. The van der Waals surface area contributed by atoms with E-state index in [4.69, 9.17) is 9.47 Å². The van der Waals surface area contributed by atoms with Crippen LogP contribution < -0.4 is 25.5 Å². The highest BCUT2D eigenvalue weighted by Crippen LogP contribution is 2.17. The molecule has 3 rings (SSSR count). The Kier molecular flexibility index (Phi) is 8.55. The number of hydrazone groups is 1. The zero-order chi connectivity index (χ0) is 25.2. The third kappa shape index (κ3) is 7.71. The Morgan fingerprint density at radius 2 is 1.57 bits per heavy atom. The van der Waals surface area contributed by atoms with Crippen molar-refractivity contribution in [2.45, 2.75) is 13.8 Å². The van der Waals surface area contributed by atoms with Crippen molar-refractivity contribution in [1.29, 1.82) is 0 Å². The molecule has 0 aromatic heterocycles. The van der Waals surface area contributed by atoms with Crippen LogP contribution in [0.25, 0.3) is 0 Å². The molecular formula is C26H26N4O5. The van der Waals surface area contributed by atoms with Crippen LogP contribution in [-0.4, -0.2) is 37.7 Å². The molecule has 0 aliphatic carbocycles. The number of aryl methyl sites for hydroxylation is 2. The van der Waals surface area contributed by atoms with Crippen LogP contribution in [0.1, 0.15) is 16.7 Å². The SMILES string of the molecule is COc1cccc(NC(=O)COc2cccc(/C=N\NC(=O)C(=O)Nc3ccc(C)c(C)c3)c2)c1. The molecule has 180 valence electrons. The summed E-state index contributed by atoms with van der Waals surface area (Å²) in [6.07, 6.45) is 1.37. The summed E-state index contributed by atoms with van der Waals surface area (Å²) in [6.45, 7) is 3.67. The van der Waals surface area contributed by atoms with Crippen LogP contribution in [0.2, 0.25) is 0 Å². The van der Waals surface area contributed by atoms with Gasteiger partial charge in [-0.3, -0.25) is 14.4 Å². The van der Waals surface area contributed by atoms with Crippen LogP contribution in [-0.2, 0) is 14.4 Å². The van der Waals surface area contributed by atoms with E-state index in [9.17, 15) is 14.4 Å². The molecule has 3 amide bonds. The minimum atomic E-state index is -0.902. The van der Waals surface area contributed by atoms with Gasteiger partial charge in [-0.05, 0) is 66.9 Å². The number of amides is 3. The highest BCUT2D eigenvalue weighted by Gasteiger charge is 2.13. The van der Waals surface area contributed by atoms with Gasteiger partial charge in [-0.2, -0.15) is 5.10 Å². The lowest BCUT2D eigenvalue weighted by Crippen LogP contribution is -2.32. The number of hydrogen-bond acceptors (Lipinski definition) is 6. The van der Waals surface area contributed by atoms with Crippen molar-refractivity contribution < 1.29 is 23.9 Å².